The van der Waals surface area contributed by atoms with Crippen LogP contribution in [0.15, 0.2) is 22.0 Å². The third-order valence-electron chi connectivity index (χ3n) is 1.96. The van der Waals surface area contributed by atoms with Gasteiger partial charge in [-0.3, -0.25) is 4.79 Å². The van der Waals surface area contributed by atoms with Crippen molar-refractivity contribution in [2.75, 3.05) is 19.7 Å². The number of nitrogens with one attached hydrogen (secondary N) is 2. The van der Waals surface area contributed by atoms with Crippen molar-refractivity contribution < 1.29 is 14.3 Å². The third-order valence-corrected chi connectivity index (χ3v) is 3.61. The Hall–Kier alpha value is -1.34. The lowest BCUT2D eigenvalue weighted by Crippen LogP contribution is -2.34. The van der Waals surface area contributed by atoms with E-state index in [9.17, 15) is 9.59 Å². The van der Waals surface area contributed by atoms with Crippen LogP contribution in [-0.2, 0) is 9.53 Å². The summed E-state index contributed by atoms with van der Waals surface area (Å²) in [5, 5.41) is 7.11. The van der Waals surface area contributed by atoms with Crippen LogP contribution in [0.25, 0.3) is 6.08 Å². The molecule has 1 aromatic heterocycles. The first-order chi connectivity index (χ1) is 9.11. The van der Waals surface area contributed by atoms with Gasteiger partial charge in [0.1, 0.15) is 0 Å². The van der Waals surface area contributed by atoms with Crippen molar-refractivity contribution in [2.45, 2.75) is 6.92 Å². The highest BCUT2D eigenvalue weighted by Crippen LogP contribution is 2.20. The zero-order valence-electron chi connectivity index (χ0n) is 10.4. The predicted molar refractivity (Wildman–Crippen MR) is 79.1 cm³/mol. The Balaban J connectivity index is 2.18. The summed E-state index contributed by atoms with van der Waals surface area (Å²) >= 11 is 4.88. The number of alkyl carbamates (subject to hydrolysis) is 1. The molecule has 0 atom stereocenters. The summed E-state index contributed by atoms with van der Waals surface area (Å²) in [5.41, 5.74) is 0. The Morgan fingerprint density at radius 2 is 2.16 bits per heavy atom. The Morgan fingerprint density at radius 3 is 2.79 bits per heavy atom. The second-order valence-corrected chi connectivity index (χ2v) is 5.30. The Labute approximate surface area is 124 Å². The third kappa shape index (κ3) is 6.97. The lowest BCUT2D eigenvalue weighted by Gasteiger charge is -2.05. The van der Waals surface area contributed by atoms with E-state index in [0.717, 1.165) is 9.35 Å². The fourth-order valence-electron chi connectivity index (χ4n) is 1.16. The fourth-order valence-corrected chi connectivity index (χ4v) is 2.50. The highest BCUT2D eigenvalue weighted by molar-refractivity contribution is 9.10. The van der Waals surface area contributed by atoms with E-state index < -0.39 is 6.09 Å². The molecule has 1 rings (SSSR count). The number of amides is 2. The maximum Gasteiger partial charge on any atom is 0.407 e. The number of rotatable bonds is 6. The molecule has 7 heteroatoms. The summed E-state index contributed by atoms with van der Waals surface area (Å²) in [6.45, 7) is 2.76. The van der Waals surface area contributed by atoms with Crippen molar-refractivity contribution in [3.8, 4) is 0 Å². The number of thiophene rings is 1. The van der Waals surface area contributed by atoms with Crippen LogP contribution in [0.4, 0.5) is 4.79 Å². The number of carbonyl (C=O) groups excluding carboxylic acids is 2. The summed E-state index contributed by atoms with van der Waals surface area (Å²) in [7, 11) is 0. The lowest BCUT2D eigenvalue weighted by molar-refractivity contribution is -0.116. The minimum atomic E-state index is -0.476. The van der Waals surface area contributed by atoms with E-state index in [1.54, 1.807) is 24.3 Å². The van der Waals surface area contributed by atoms with Crippen LogP contribution in [0, 0.1) is 0 Å². The summed E-state index contributed by atoms with van der Waals surface area (Å²) < 4.78 is 5.67. The molecule has 0 spiro atoms. The van der Waals surface area contributed by atoms with Gasteiger partial charge in [-0.2, -0.15) is 0 Å². The highest BCUT2D eigenvalue weighted by atomic mass is 79.9. The van der Waals surface area contributed by atoms with E-state index in [0.29, 0.717) is 19.7 Å². The number of hydrogen-bond donors (Lipinski definition) is 2. The molecule has 5 nitrogen and oxygen atoms in total. The zero-order valence-corrected chi connectivity index (χ0v) is 12.8. The fraction of sp³-hybridized carbons (Fsp3) is 0.333. The standard InChI is InChI=1S/C12H15BrN2O3S/c1-2-18-12(17)15-6-5-14-11(16)4-3-10-7-9(13)8-19-10/h3-4,7-8H,2,5-6H2,1H3,(H,14,16)(H,15,17)/b4-3-. The molecule has 19 heavy (non-hydrogen) atoms. The summed E-state index contributed by atoms with van der Waals surface area (Å²) in [4.78, 5) is 23.4. The highest BCUT2D eigenvalue weighted by Gasteiger charge is 2.00. The molecule has 0 aromatic carbocycles. The van der Waals surface area contributed by atoms with E-state index in [2.05, 4.69) is 31.3 Å². The van der Waals surface area contributed by atoms with Gasteiger partial charge in [0.05, 0.1) is 6.61 Å². The van der Waals surface area contributed by atoms with Gasteiger partial charge in [-0.15, -0.1) is 11.3 Å². The second-order valence-electron chi connectivity index (χ2n) is 3.44. The van der Waals surface area contributed by atoms with Crippen molar-refractivity contribution in [3.63, 3.8) is 0 Å². The quantitative estimate of drug-likeness (QED) is 0.613. The Kier molecular flexibility index (Phi) is 7.20. The second kappa shape index (κ2) is 8.71. The maximum atomic E-state index is 11.4. The number of halogens is 1. The van der Waals surface area contributed by atoms with Gasteiger partial charge < -0.3 is 15.4 Å². The summed E-state index contributed by atoms with van der Waals surface area (Å²) in [5.74, 6) is -0.199. The van der Waals surface area contributed by atoms with Crippen LogP contribution < -0.4 is 10.6 Å². The minimum Gasteiger partial charge on any atom is -0.450 e. The summed E-state index contributed by atoms with van der Waals surface area (Å²) in [6, 6.07) is 1.93. The van der Waals surface area contributed by atoms with Crippen LogP contribution in [0.1, 0.15) is 11.8 Å². The topological polar surface area (TPSA) is 67.4 Å². The SMILES string of the molecule is CCOC(=O)NCCNC(=O)/C=C\c1cc(Br)cs1. The molecule has 0 aliphatic heterocycles. The van der Waals surface area contributed by atoms with Crippen LogP contribution in [-0.4, -0.2) is 31.7 Å². The van der Waals surface area contributed by atoms with Crippen LogP contribution in [0.2, 0.25) is 0 Å². The lowest BCUT2D eigenvalue weighted by atomic mass is 10.4. The average Bonchev–Trinajstić information content (AvgIpc) is 2.78. The Morgan fingerprint density at radius 1 is 1.42 bits per heavy atom. The molecule has 104 valence electrons. The molecule has 0 aliphatic rings. The van der Waals surface area contributed by atoms with Crippen molar-refractivity contribution in [2.24, 2.45) is 0 Å². The number of hydrogen-bond acceptors (Lipinski definition) is 4. The molecule has 2 amide bonds. The molecule has 0 radical (unpaired) electrons. The van der Waals surface area contributed by atoms with Gasteiger partial charge in [0.15, 0.2) is 0 Å². The zero-order chi connectivity index (χ0) is 14.1. The van der Waals surface area contributed by atoms with Gasteiger partial charge in [-0.25, -0.2) is 4.79 Å². The van der Waals surface area contributed by atoms with E-state index in [4.69, 9.17) is 0 Å². The molecule has 0 saturated carbocycles. The molecule has 0 aliphatic carbocycles. The van der Waals surface area contributed by atoms with Crippen LogP contribution in [0.5, 0.6) is 0 Å². The largest absolute Gasteiger partial charge is 0.450 e. The van der Waals surface area contributed by atoms with Gasteiger partial charge in [0.25, 0.3) is 0 Å². The predicted octanol–water partition coefficient (Wildman–Crippen LogP) is 2.39. The minimum absolute atomic E-state index is 0.199. The smallest absolute Gasteiger partial charge is 0.407 e. The van der Waals surface area contributed by atoms with Gasteiger partial charge in [0, 0.05) is 33.9 Å². The van der Waals surface area contributed by atoms with Crippen LogP contribution >= 0.6 is 27.3 Å². The summed E-state index contributed by atoms with van der Waals surface area (Å²) in [6.07, 6.45) is 2.72. The van der Waals surface area contributed by atoms with Gasteiger partial charge in [0.2, 0.25) is 5.91 Å². The van der Waals surface area contributed by atoms with E-state index in [1.165, 1.54) is 6.08 Å². The molecule has 2 N–H and O–H groups in total. The molecular formula is C12H15BrN2O3S. The molecular weight excluding hydrogens is 332 g/mol. The van der Waals surface area contributed by atoms with Gasteiger partial charge in [-0.05, 0) is 35.0 Å². The first-order valence-electron chi connectivity index (χ1n) is 5.72. The first kappa shape index (κ1) is 15.7. The first-order valence-corrected chi connectivity index (χ1v) is 7.39. The van der Waals surface area contributed by atoms with Crippen molar-refractivity contribution >= 4 is 45.3 Å². The maximum absolute atomic E-state index is 11.4. The van der Waals surface area contributed by atoms with Gasteiger partial charge >= 0.3 is 6.09 Å². The molecule has 0 saturated heterocycles. The van der Waals surface area contributed by atoms with Gasteiger partial charge in [-0.1, -0.05) is 0 Å². The normalized spacial score (nSPS) is 10.4. The molecule has 1 heterocycles. The molecule has 0 fully saturated rings. The van der Waals surface area contributed by atoms with E-state index in [1.807, 2.05) is 11.4 Å². The van der Waals surface area contributed by atoms with Crippen molar-refractivity contribution in [1.29, 1.82) is 0 Å². The van der Waals surface area contributed by atoms with E-state index >= 15 is 0 Å². The van der Waals surface area contributed by atoms with Crippen molar-refractivity contribution in [1.82, 2.24) is 10.6 Å². The molecule has 0 bridgehead atoms. The average molecular weight is 347 g/mol. The van der Waals surface area contributed by atoms with Crippen molar-refractivity contribution in [3.05, 3.63) is 26.9 Å². The van der Waals surface area contributed by atoms with Crippen LogP contribution in [0.3, 0.4) is 0 Å². The monoisotopic (exact) mass is 346 g/mol. The van der Waals surface area contributed by atoms with E-state index in [-0.39, 0.29) is 5.91 Å². The number of ether oxygens (including phenoxy) is 1. The Bertz CT molecular complexity index is 460. The number of carbonyl (C=O) groups is 2. The molecule has 0 unspecified atom stereocenters. The molecule has 1 aromatic rings.